The summed E-state index contributed by atoms with van der Waals surface area (Å²) in [5, 5.41) is 8.46. The van der Waals surface area contributed by atoms with E-state index in [2.05, 4.69) is 25.1 Å². The molecule has 1 fully saturated rings. The molecule has 0 unspecified atom stereocenters. The fourth-order valence-electron chi connectivity index (χ4n) is 3.59. The van der Waals surface area contributed by atoms with Crippen molar-refractivity contribution in [2.24, 2.45) is 5.92 Å². The van der Waals surface area contributed by atoms with Gasteiger partial charge in [-0.3, -0.25) is 4.79 Å². The van der Waals surface area contributed by atoms with Gasteiger partial charge in [0.15, 0.2) is 11.4 Å². The maximum absolute atomic E-state index is 13.4. The van der Waals surface area contributed by atoms with Crippen molar-refractivity contribution in [3.63, 3.8) is 0 Å². The number of anilines is 1. The zero-order valence-electron chi connectivity index (χ0n) is 15.5. The second-order valence-corrected chi connectivity index (χ2v) is 7.09. The Hall–Kier alpha value is -3.56. The first-order chi connectivity index (χ1) is 14.2. The highest BCUT2D eigenvalue weighted by atomic mass is 19.1. The molecule has 0 bridgehead atoms. The Morgan fingerprint density at radius 3 is 2.83 bits per heavy atom. The molecule has 0 aliphatic carbocycles. The molecular formula is C19H18FN7O2. The number of benzene rings is 1. The molecule has 0 spiro atoms. The van der Waals surface area contributed by atoms with Crippen LogP contribution in [0.25, 0.3) is 16.9 Å². The van der Waals surface area contributed by atoms with Crippen molar-refractivity contribution in [3.05, 3.63) is 59.2 Å². The Morgan fingerprint density at radius 1 is 1.17 bits per heavy atom. The van der Waals surface area contributed by atoms with Gasteiger partial charge in [0.2, 0.25) is 0 Å². The molecule has 4 heterocycles. The molecule has 1 saturated heterocycles. The van der Waals surface area contributed by atoms with Gasteiger partial charge in [-0.05, 0) is 37.0 Å². The number of hydrogen-bond acceptors (Lipinski definition) is 7. The van der Waals surface area contributed by atoms with Gasteiger partial charge in [0.25, 0.3) is 11.6 Å². The van der Waals surface area contributed by atoms with Crippen molar-refractivity contribution < 1.29 is 8.81 Å². The van der Waals surface area contributed by atoms with Gasteiger partial charge in [0.1, 0.15) is 24.0 Å². The summed E-state index contributed by atoms with van der Waals surface area (Å²) < 4.78 is 22.1. The summed E-state index contributed by atoms with van der Waals surface area (Å²) in [5.74, 6) is 0.532. The van der Waals surface area contributed by atoms with E-state index >= 15 is 0 Å². The third-order valence-electron chi connectivity index (χ3n) is 5.16. The van der Waals surface area contributed by atoms with Crippen LogP contribution in [0.5, 0.6) is 0 Å². The molecule has 0 radical (unpaired) electrons. The van der Waals surface area contributed by atoms with Crippen LogP contribution >= 0.6 is 0 Å². The zero-order chi connectivity index (χ0) is 19.8. The van der Waals surface area contributed by atoms with Gasteiger partial charge in [0, 0.05) is 31.8 Å². The minimum atomic E-state index is -0.331. The van der Waals surface area contributed by atoms with Crippen molar-refractivity contribution in [1.82, 2.24) is 29.5 Å². The van der Waals surface area contributed by atoms with E-state index in [1.165, 1.54) is 33.9 Å². The summed E-state index contributed by atoms with van der Waals surface area (Å²) in [6.07, 6.45) is 4.71. The van der Waals surface area contributed by atoms with Gasteiger partial charge >= 0.3 is 0 Å². The van der Waals surface area contributed by atoms with Crippen molar-refractivity contribution >= 4 is 17.1 Å². The lowest BCUT2D eigenvalue weighted by Gasteiger charge is -2.30. The number of fused-ring (bicyclic) bond motifs is 1. The molecule has 148 valence electrons. The summed E-state index contributed by atoms with van der Waals surface area (Å²) >= 11 is 0. The van der Waals surface area contributed by atoms with Gasteiger partial charge < -0.3 is 9.32 Å². The predicted molar refractivity (Wildman–Crippen MR) is 102 cm³/mol. The van der Waals surface area contributed by atoms with Crippen LogP contribution in [0.1, 0.15) is 12.8 Å². The van der Waals surface area contributed by atoms with E-state index in [0.29, 0.717) is 35.4 Å². The average molecular weight is 395 g/mol. The maximum Gasteiger partial charge on any atom is 0.298 e. The second-order valence-electron chi connectivity index (χ2n) is 7.09. The lowest BCUT2D eigenvalue weighted by Crippen LogP contribution is -2.37. The molecule has 1 aromatic carbocycles. The summed E-state index contributed by atoms with van der Waals surface area (Å²) in [7, 11) is 0. The number of aromatic nitrogens is 6. The van der Waals surface area contributed by atoms with E-state index in [1.807, 2.05) is 0 Å². The molecular weight excluding hydrogens is 377 g/mol. The molecule has 3 aromatic heterocycles. The van der Waals surface area contributed by atoms with E-state index in [4.69, 9.17) is 4.42 Å². The Bertz CT molecular complexity index is 1190. The molecule has 29 heavy (non-hydrogen) atoms. The first-order valence-electron chi connectivity index (χ1n) is 9.40. The number of nitrogens with zero attached hydrogens (tertiary/aromatic N) is 7. The largest absolute Gasteiger partial charge is 0.423 e. The molecule has 0 N–H and O–H groups in total. The highest BCUT2D eigenvalue weighted by Gasteiger charge is 2.24. The second kappa shape index (κ2) is 7.12. The van der Waals surface area contributed by atoms with Crippen LogP contribution in [-0.4, -0.2) is 42.6 Å². The van der Waals surface area contributed by atoms with Gasteiger partial charge in [-0.2, -0.15) is 10.1 Å². The van der Waals surface area contributed by atoms with Crippen molar-refractivity contribution in [2.75, 3.05) is 18.0 Å². The lowest BCUT2D eigenvalue weighted by molar-refractivity contribution is 0.327. The molecule has 4 aromatic rings. The van der Waals surface area contributed by atoms with Gasteiger partial charge in [-0.25, -0.2) is 18.7 Å². The first-order valence-corrected chi connectivity index (χ1v) is 9.40. The third-order valence-corrected chi connectivity index (χ3v) is 5.16. The topological polar surface area (TPSA) is 94.9 Å². The summed E-state index contributed by atoms with van der Waals surface area (Å²) in [4.78, 5) is 22.6. The Kier molecular flexibility index (Phi) is 4.30. The van der Waals surface area contributed by atoms with Crippen LogP contribution in [0.2, 0.25) is 0 Å². The van der Waals surface area contributed by atoms with Crippen LogP contribution in [-0.2, 0) is 6.54 Å². The summed E-state index contributed by atoms with van der Waals surface area (Å²) in [5.41, 5.74) is 0.948. The molecule has 10 heteroatoms. The fourth-order valence-corrected chi connectivity index (χ4v) is 3.59. The maximum atomic E-state index is 13.4. The number of piperidine rings is 1. The van der Waals surface area contributed by atoms with E-state index in [1.54, 1.807) is 18.5 Å². The van der Waals surface area contributed by atoms with E-state index < -0.39 is 0 Å². The molecule has 0 atom stereocenters. The van der Waals surface area contributed by atoms with Crippen molar-refractivity contribution in [2.45, 2.75) is 19.4 Å². The van der Waals surface area contributed by atoms with E-state index in [9.17, 15) is 9.18 Å². The predicted octanol–water partition coefficient (Wildman–Crippen LogP) is 2.02. The zero-order valence-corrected chi connectivity index (χ0v) is 15.5. The average Bonchev–Trinajstić information content (AvgIpc) is 3.40. The summed E-state index contributed by atoms with van der Waals surface area (Å²) in [6, 6.07) is 7.96. The molecule has 1 aliphatic heterocycles. The molecule has 1 aliphatic rings. The molecule has 5 rings (SSSR count). The standard InChI is InChI=1S/C19H18FN7O2/c20-14-1-2-16-15(9-14)23-19(29-16)25-7-5-13(6-8-25)10-26-18(28)4-3-17(24-26)27-12-21-11-22-27/h1-4,9,11-13H,5-8,10H2. The Morgan fingerprint density at radius 2 is 2.03 bits per heavy atom. The number of hydrogen-bond donors (Lipinski definition) is 0. The number of oxazole rings is 1. The minimum Gasteiger partial charge on any atom is -0.423 e. The SMILES string of the molecule is O=c1ccc(-n2cncn2)nn1CC1CCN(c2nc3cc(F)ccc3o2)CC1. The van der Waals surface area contributed by atoms with Crippen LogP contribution in [0, 0.1) is 11.7 Å². The third kappa shape index (κ3) is 3.48. The quantitative estimate of drug-likeness (QED) is 0.522. The lowest BCUT2D eigenvalue weighted by atomic mass is 9.97. The normalized spacial score (nSPS) is 15.3. The van der Waals surface area contributed by atoms with Crippen LogP contribution in [0.4, 0.5) is 10.4 Å². The van der Waals surface area contributed by atoms with Gasteiger partial charge in [0.05, 0.1) is 0 Å². The highest BCUT2D eigenvalue weighted by Crippen LogP contribution is 2.27. The summed E-state index contributed by atoms with van der Waals surface area (Å²) in [6.45, 7) is 2.03. The first kappa shape index (κ1) is 17.5. The fraction of sp³-hybridized carbons (Fsp3) is 0.316. The van der Waals surface area contributed by atoms with Crippen molar-refractivity contribution in [3.8, 4) is 5.82 Å². The Balaban J connectivity index is 1.27. The minimum absolute atomic E-state index is 0.141. The number of halogens is 1. The molecule has 0 amide bonds. The van der Waals surface area contributed by atoms with Crippen molar-refractivity contribution in [1.29, 1.82) is 0 Å². The van der Waals surface area contributed by atoms with E-state index in [0.717, 1.165) is 25.9 Å². The molecule has 9 nitrogen and oxygen atoms in total. The van der Waals surface area contributed by atoms with E-state index in [-0.39, 0.29) is 11.4 Å². The monoisotopic (exact) mass is 395 g/mol. The Labute approximate surface area is 164 Å². The smallest absolute Gasteiger partial charge is 0.298 e. The van der Waals surface area contributed by atoms with Crippen LogP contribution in [0.15, 0.2) is 52.2 Å². The highest BCUT2D eigenvalue weighted by molar-refractivity contribution is 5.74. The van der Waals surface area contributed by atoms with Gasteiger partial charge in [-0.1, -0.05) is 0 Å². The molecule has 0 saturated carbocycles. The van der Waals surface area contributed by atoms with Gasteiger partial charge in [-0.15, -0.1) is 5.10 Å². The van der Waals surface area contributed by atoms with Crippen LogP contribution < -0.4 is 10.5 Å². The van der Waals surface area contributed by atoms with Crippen LogP contribution in [0.3, 0.4) is 0 Å². The number of rotatable bonds is 4.